The summed E-state index contributed by atoms with van der Waals surface area (Å²) in [5.74, 6) is -0.816. The number of aromatic nitrogens is 1. The van der Waals surface area contributed by atoms with Crippen molar-refractivity contribution in [1.29, 1.82) is 0 Å². The number of hydrogen-bond donors (Lipinski definition) is 1. The first-order valence-electron chi connectivity index (χ1n) is 6.92. The van der Waals surface area contributed by atoms with E-state index in [1.807, 2.05) is 26.0 Å². The number of carboxylic acids is 1. The maximum Gasteiger partial charge on any atom is 0.331 e. The second kappa shape index (κ2) is 7.72. The van der Waals surface area contributed by atoms with Crippen molar-refractivity contribution in [2.75, 3.05) is 0 Å². The van der Waals surface area contributed by atoms with Crippen molar-refractivity contribution in [3.8, 4) is 0 Å². The molecular weight excluding hydrogens is 238 g/mol. The summed E-state index contributed by atoms with van der Waals surface area (Å²) >= 11 is 0. The molecule has 0 aliphatic carbocycles. The lowest BCUT2D eigenvalue weighted by Crippen LogP contribution is -2.01. The fourth-order valence-corrected chi connectivity index (χ4v) is 2.13. The van der Waals surface area contributed by atoms with Crippen LogP contribution in [0.15, 0.2) is 17.7 Å². The Morgan fingerprint density at radius 2 is 1.84 bits per heavy atom. The number of hydrogen-bond acceptors (Lipinski definition) is 2. The Kier molecular flexibility index (Phi) is 6.26. The fourth-order valence-electron chi connectivity index (χ4n) is 2.13. The van der Waals surface area contributed by atoms with Gasteiger partial charge in [0.2, 0.25) is 0 Å². The Labute approximate surface area is 115 Å². The van der Waals surface area contributed by atoms with Crippen molar-refractivity contribution in [3.63, 3.8) is 0 Å². The zero-order valence-corrected chi connectivity index (χ0v) is 12.1. The molecule has 1 N–H and O–H groups in total. The van der Waals surface area contributed by atoms with Gasteiger partial charge in [-0.1, -0.05) is 26.2 Å². The topological polar surface area (TPSA) is 50.2 Å². The Bertz CT molecular complexity index is 444. The van der Waals surface area contributed by atoms with Crippen LogP contribution in [0.4, 0.5) is 0 Å². The predicted octanol–water partition coefficient (Wildman–Crippen LogP) is 4.14. The predicted molar refractivity (Wildman–Crippen MR) is 78.1 cm³/mol. The van der Waals surface area contributed by atoms with Crippen molar-refractivity contribution in [1.82, 2.24) is 4.98 Å². The summed E-state index contributed by atoms with van der Waals surface area (Å²) in [6.45, 7) is 5.99. The van der Waals surface area contributed by atoms with E-state index in [9.17, 15) is 9.90 Å². The van der Waals surface area contributed by atoms with E-state index in [4.69, 9.17) is 0 Å². The van der Waals surface area contributed by atoms with Crippen LogP contribution in [0.1, 0.15) is 56.0 Å². The summed E-state index contributed by atoms with van der Waals surface area (Å²) in [6, 6.07) is 3.84. The average Bonchev–Trinajstić information content (AvgIpc) is 2.31. The molecule has 0 fully saturated rings. The molecule has 1 heterocycles. The van der Waals surface area contributed by atoms with E-state index in [0.717, 1.165) is 36.2 Å². The van der Waals surface area contributed by atoms with Crippen molar-refractivity contribution < 1.29 is 9.90 Å². The number of carboxylic acid groups (broad SMARTS) is 1. The molecule has 104 valence electrons. The van der Waals surface area contributed by atoms with Crippen LogP contribution in [-0.4, -0.2) is 16.1 Å². The number of carbonyl (C=O) groups is 1. The van der Waals surface area contributed by atoms with Crippen LogP contribution < -0.4 is 0 Å². The second-order valence-corrected chi connectivity index (χ2v) is 4.97. The first kappa shape index (κ1) is 15.4. The van der Waals surface area contributed by atoms with Gasteiger partial charge in [-0.3, -0.25) is 4.98 Å². The third kappa shape index (κ3) is 5.69. The minimum atomic E-state index is -0.816. The standard InChI is InChI=1S/C16H23NO2/c1-4-5-6-7-8-15(16(18)19)11-14-9-12(2)17-13(3)10-14/h9-11H,4-8H2,1-3H3,(H,18,19)/b15-11+. The molecule has 3 nitrogen and oxygen atoms in total. The van der Waals surface area contributed by atoms with E-state index in [1.54, 1.807) is 6.08 Å². The Balaban J connectivity index is 2.79. The summed E-state index contributed by atoms with van der Waals surface area (Å²) in [5, 5.41) is 9.25. The van der Waals surface area contributed by atoms with Gasteiger partial charge in [-0.15, -0.1) is 0 Å². The van der Waals surface area contributed by atoms with Gasteiger partial charge in [0.25, 0.3) is 0 Å². The van der Waals surface area contributed by atoms with Crippen LogP contribution in [0.5, 0.6) is 0 Å². The SMILES string of the molecule is CCCCCC/C(=C\c1cc(C)nc(C)c1)C(=O)O. The average molecular weight is 261 g/mol. The maximum atomic E-state index is 11.3. The number of aliphatic carboxylic acids is 1. The van der Waals surface area contributed by atoms with E-state index in [0.29, 0.717) is 12.0 Å². The van der Waals surface area contributed by atoms with Crippen LogP contribution in [0, 0.1) is 13.8 Å². The number of rotatable bonds is 7. The van der Waals surface area contributed by atoms with Gasteiger partial charge in [0.15, 0.2) is 0 Å². The van der Waals surface area contributed by atoms with E-state index in [1.165, 1.54) is 6.42 Å². The molecule has 0 amide bonds. The summed E-state index contributed by atoms with van der Waals surface area (Å²) in [7, 11) is 0. The molecule has 0 aliphatic heterocycles. The minimum Gasteiger partial charge on any atom is -0.478 e. The van der Waals surface area contributed by atoms with Crippen LogP contribution in [-0.2, 0) is 4.79 Å². The second-order valence-electron chi connectivity index (χ2n) is 4.97. The van der Waals surface area contributed by atoms with Gasteiger partial charge in [-0.05, 0) is 50.5 Å². The smallest absolute Gasteiger partial charge is 0.331 e. The van der Waals surface area contributed by atoms with Gasteiger partial charge in [0.05, 0.1) is 0 Å². The first-order valence-corrected chi connectivity index (χ1v) is 6.92. The van der Waals surface area contributed by atoms with Gasteiger partial charge in [0.1, 0.15) is 0 Å². The van der Waals surface area contributed by atoms with E-state index < -0.39 is 5.97 Å². The highest BCUT2D eigenvalue weighted by Gasteiger charge is 2.07. The zero-order chi connectivity index (χ0) is 14.3. The molecule has 1 aromatic rings. The van der Waals surface area contributed by atoms with Gasteiger partial charge in [-0.2, -0.15) is 0 Å². The van der Waals surface area contributed by atoms with Crippen LogP contribution in [0.3, 0.4) is 0 Å². The van der Waals surface area contributed by atoms with Gasteiger partial charge in [-0.25, -0.2) is 4.79 Å². The number of pyridine rings is 1. The molecule has 0 atom stereocenters. The molecule has 1 rings (SSSR count). The van der Waals surface area contributed by atoms with E-state index >= 15 is 0 Å². The third-order valence-electron chi connectivity index (χ3n) is 3.02. The molecule has 0 radical (unpaired) electrons. The number of unbranched alkanes of at least 4 members (excludes halogenated alkanes) is 3. The summed E-state index contributed by atoms with van der Waals surface area (Å²) in [4.78, 5) is 15.5. The molecule has 0 saturated carbocycles. The van der Waals surface area contributed by atoms with E-state index in [2.05, 4.69) is 11.9 Å². The molecule has 0 spiro atoms. The Morgan fingerprint density at radius 3 is 2.37 bits per heavy atom. The minimum absolute atomic E-state index is 0.487. The largest absolute Gasteiger partial charge is 0.478 e. The molecule has 0 aromatic carbocycles. The lowest BCUT2D eigenvalue weighted by molar-refractivity contribution is -0.132. The quantitative estimate of drug-likeness (QED) is 0.593. The summed E-state index contributed by atoms with van der Waals surface area (Å²) in [5.41, 5.74) is 3.25. The van der Waals surface area contributed by atoms with E-state index in [-0.39, 0.29) is 0 Å². The highest BCUT2D eigenvalue weighted by molar-refractivity contribution is 5.92. The fraction of sp³-hybridized carbons (Fsp3) is 0.500. The first-order chi connectivity index (χ1) is 9.02. The molecular formula is C16H23NO2. The lowest BCUT2D eigenvalue weighted by atomic mass is 10.0. The molecule has 19 heavy (non-hydrogen) atoms. The van der Waals surface area contributed by atoms with Crippen LogP contribution >= 0.6 is 0 Å². The highest BCUT2D eigenvalue weighted by Crippen LogP contribution is 2.16. The van der Waals surface area contributed by atoms with Crippen molar-refractivity contribution in [2.24, 2.45) is 0 Å². The maximum absolute atomic E-state index is 11.3. The van der Waals surface area contributed by atoms with Crippen molar-refractivity contribution in [2.45, 2.75) is 52.9 Å². The van der Waals surface area contributed by atoms with Crippen molar-refractivity contribution >= 4 is 12.0 Å². The molecule has 3 heteroatoms. The third-order valence-corrected chi connectivity index (χ3v) is 3.02. The Hall–Kier alpha value is -1.64. The highest BCUT2D eigenvalue weighted by atomic mass is 16.4. The van der Waals surface area contributed by atoms with Gasteiger partial charge in [0, 0.05) is 17.0 Å². The van der Waals surface area contributed by atoms with Crippen LogP contribution in [0.2, 0.25) is 0 Å². The van der Waals surface area contributed by atoms with Crippen molar-refractivity contribution in [3.05, 3.63) is 34.7 Å². The zero-order valence-electron chi connectivity index (χ0n) is 12.1. The molecule has 0 aliphatic rings. The molecule has 0 bridgehead atoms. The normalized spacial score (nSPS) is 11.6. The monoisotopic (exact) mass is 261 g/mol. The van der Waals surface area contributed by atoms with Crippen LogP contribution in [0.25, 0.3) is 6.08 Å². The summed E-state index contributed by atoms with van der Waals surface area (Å²) in [6.07, 6.45) is 6.77. The molecule has 1 aromatic heterocycles. The number of aryl methyl sites for hydroxylation is 2. The van der Waals surface area contributed by atoms with Gasteiger partial charge >= 0.3 is 5.97 Å². The number of nitrogens with zero attached hydrogens (tertiary/aromatic N) is 1. The summed E-state index contributed by atoms with van der Waals surface area (Å²) < 4.78 is 0. The molecule has 0 saturated heterocycles. The lowest BCUT2D eigenvalue weighted by Gasteiger charge is -2.04. The molecule has 0 unspecified atom stereocenters. The van der Waals surface area contributed by atoms with Gasteiger partial charge < -0.3 is 5.11 Å². The Morgan fingerprint density at radius 1 is 1.21 bits per heavy atom.